The summed E-state index contributed by atoms with van der Waals surface area (Å²) in [5.41, 5.74) is 3.72. The molecule has 0 aromatic heterocycles. The number of aryl methyl sites for hydroxylation is 1. The number of sulfonamides is 1. The van der Waals surface area contributed by atoms with Gasteiger partial charge in [-0.25, -0.2) is 4.83 Å². The Kier molecular flexibility index (Phi) is 6.14. The minimum atomic E-state index is -3.63. The third kappa shape index (κ3) is 4.78. The Morgan fingerprint density at radius 2 is 1.61 bits per heavy atom. The lowest BCUT2D eigenvalue weighted by molar-refractivity contribution is 0.0963. The van der Waals surface area contributed by atoms with Crippen LogP contribution in [0.1, 0.15) is 53.1 Å². The van der Waals surface area contributed by atoms with Gasteiger partial charge in [0.1, 0.15) is 0 Å². The molecule has 0 spiro atoms. The minimum absolute atomic E-state index is 0.0922. The maximum atomic E-state index is 12.3. The SMILES string of the molecule is CNC(=O)c1ccc(C2CCC(=NNS(=O)(=O)c3ccc(C)cc3)CC2)cc1. The van der Waals surface area contributed by atoms with E-state index in [0.29, 0.717) is 11.5 Å². The molecule has 3 rings (SSSR count). The van der Waals surface area contributed by atoms with Crippen LogP contribution in [0.5, 0.6) is 0 Å². The Balaban J connectivity index is 1.59. The molecule has 28 heavy (non-hydrogen) atoms. The zero-order valence-electron chi connectivity index (χ0n) is 16.1. The van der Waals surface area contributed by atoms with Crippen LogP contribution in [-0.2, 0) is 10.0 Å². The van der Waals surface area contributed by atoms with Crippen molar-refractivity contribution in [2.75, 3.05) is 7.05 Å². The van der Waals surface area contributed by atoms with E-state index in [1.54, 1.807) is 31.3 Å². The molecule has 1 saturated carbocycles. The monoisotopic (exact) mass is 399 g/mol. The molecule has 2 N–H and O–H groups in total. The second-order valence-corrected chi connectivity index (χ2v) is 8.72. The number of hydrogen-bond donors (Lipinski definition) is 2. The fourth-order valence-electron chi connectivity index (χ4n) is 3.34. The molecule has 148 valence electrons. The number of nitrogens with zero attached hydrogens (tertiary/aromatic N) is 1. The molecule has 0 atom stereocenters. The summed E-state index contributed by atoms with van der Waals surface area (Å²) in [5.74, 6) is 0.303. The van der Waals surface area contributed by atoms with Crippen LogP contribution < -0.4 is 10.1 Å². The smallest absolute Gasteiger partial charge is 0.276 e. The highest BCUT2D eigenvalue weighted by molar-refractivity contribution is 7.89. The molecule has 0 unspecified atom stereocenters. The number of carbonyl (C=O) groups excluding carboxylic acids is 1. The van der Waals surface area contributed by atoms with Gasteiger partial charge in [-0.3, -0.25) is 4.79 Å². The molecule has 2 aromatic rings. The highest BCUT2D eigenvalue weighted by Crippen LogP contribution is 2.31. The summed E-state index contributed by atoms with van der Waals surface area (Å²) in [7, 11) is -2.02. The van der Waals surface area contributed by atoms with Crippen LogP contribution in [0.2, 0.25) is 0 Å². The van der Waals surface area contributed by atoms with E-state index in [1.807, 2.05) is 31.2 Å². The van der Waals surface area contributed by atoms with E-state index >= 15 is 0 Å². The molecular formula is C21H25N3O3S. The van der Waals surface area contributed by atoms with E-state index in [4.69, 9.17) is 0 Å². The summed E-state index contributed by atoms with van der Waals surface area (Å²) >= 11 is 0. The number of hydrazone groups is 1. The zero-order valence-corrected chi connectivity index (χ0v) is 16.9. The van der Waals surface area contributed by atoms with E-state index in [9.17, 15) is 13.2 Å². The molecular weight excluding hydrogens is 374 g/mol. The van der Waals surface area contributed by atoms with E-state index < -0.39 is 10.0 Å². The average Bonchev–Trinajstić information content (AvgIpc) is 2.72. The van der Waals surface area contributed by atoms with Gasteiger partial charge in [0.15, 0.2) is 0 Å². The van der Waals surface area contributed by atoms with Crippen molar-refractivity contribution in [1.29, 1.82) is 0 Å². The van der Waals surface area contributed by atoms with Gasteiger partial charge in [-0.15, -0.1) is 0 Å². The number of benzene rings is 2. The summed E-state index contributed by atoms with van der Waals surface area (Å²) in [4.78, 5) is 14.2. The number of amides is 1. The van der Waals surface area contributed by atoms with Crippen LogP contribution in [0.15, 0.2) is 58.5 Å². The first kappa shape index (κ1) is 20.1. The van der Waals surface area contributed by atoms with Gasteiger partial charge in [-0.05, 0) is 68.4 Å². The first-order chi connectivity index (χ1) is 13.4. The van der Waals surface area contributed by atoms with Gasteiger partial charge in [0.05, 0.1) is 4.90 Å². The van der Waals surface area contributed by atoms with Crippen LogP contribution in [0.4, 0.5) is 0 Å². The van der Waals surface area contributed by atoms with Crippen LogP contribution in [0.25, 0.3) is 0 Å². The van der Waals surface area contributed by atoms with Crippen molar-refractivity contribution in [3.8, 4) is 0 Å². The highest BCUT2D eigenvalue weighted by atomic mass is 32.2. The average molecular weight is 400 g/mol. The second kappa shape index (κ2) is 8.56. The summed E-state index contributed by atoms with van der Waals surface area (Å²) in [6.45, 7) is 1.91. The molecule has 2 aromatic carbocycles. The van der Waals surface area contributed by atoms with Crippen molar-refractivity contribution in [3.63, 3.8) is 0 Å². The van der Waals surface area contributed by atoms with Gasteiger partial charge < -0.3 is 5.32 Å². The molecule has 1 aliphatic rings. The molecule has 1 fully saturated rings. The molecule has 0 aliphatic heterocycles. The standard InChI is InChI=1S/C21H25N3O3S/c1-15-3-13-20(14-4-15)28(26,27)24-23-19-11-9-17(10-12-19)16-5-7-18(8-6-16)21(25)22-2/h3-8,13-14,17,24H,9-12H2,1-2H3,(H,22,25). The van der Waals surface area contributed by atoms with Gasteiger partial charge in [-0.2, -0.15) is 13.5 Å². The first-order valence-corrected chi connectivity index (χ1v) is 10.8. The lowest BCUT2D eigenvalue weighted by Crippen LogP contribution is -2.22. The van der Waals surface area contributed by atoms with Crippen molar-refractivity contribution in [2.24, 2.45) is 5.10 Å². The Labute approximate surface area is 166 Å². The maximum absolute atomic E-state index is 12.3. The summed E-state index contributed by atoms with van der Waals surface area (Å²) in [6, 6.07) is 14.4. The normalized spacial score (nSPS) is 17.1. The maximum Gasteiger partial charge on any atom is 0.276 e. The van der Waals surface area contributed by atoms with Crippen LogP contribution in [0, 0.1) is 6.92 Å². The van der Waals surface area contributed by atoms with Gasteiger partial charge in [-0.1, -0.05) is 29.8 Å². The highest BCUT2D eigenvalue weighted by Gasteiger charge is 2.20. The lowest BCUT2D eigenvalue weighted by Gasteiger charge is -2.23. The summed E-state index contributed by atoms with van der Waals surface area (Å²) < 4.78 is 24.7. The summed E-state index contributed by atoms with van der Waals surface area (Å²) in [6.07, 6.45) is 3.31. The third-order valence-corrected chi connectivity index (χ3v) is 6.31. The quantitative estimate of drug-likeness (QED) is 0.756. The van der Waals surface area contributed by atoms with E-state index in [1.165, 1.54) is 5.56 Å². The van der Waals surface area contributed by atoms with Crippen LogP contribution in [-0.4, -0.2) is 27.1 Å². The molecule has 0 heterocycles. The number of nitrogens with one attached hydrogen (secondary N) is 2. The van der Waals surface area contributed by atoms with Gasteiger partial charge in [0.2, 0.25) is 0 Å². The number of rotatable bonds is 5. The van der Waals surface area contributed by atoms with Crippen molar-refractivity contribution in [1.82, 2.24) is 10.1 Å². The van der Waals surface area contributed by atoms with E-state index in [0.717, 1.165) is 37.0 Å². The van der Waals surface area contributed by atoms with E-state index in [2.05, 4.69) is 15.2 Å². The molecule has 6 nitrogen and oxygen atoms in total. The lowest BCUT2D eigenvalue weighted by atomic mass is 9.83. The van der Waals surface area contributed by atoms with Gasteiger partial charge in [0.25, 0.3) is 15.9 Å². The van der Waals surface area contributed by atoms with E-state index in [-0.39, 0.29) is 10.8 Å². The topological polar surface area (TPSA) is 87.6 Å². The Morgan fingerprint density at radius 3 is 2.18 bits per heavy atom. The number of carbonyl (C=O) groups is 1. The fraction of sp³-hybridized carbons (Fsp3) is 0.333. The van der Waals surface area contributed by atoms with Crippen molar-refractivity contribution >= 4 is 21.6 Å². The molecule has 1 amide bonds. The Morgan fingerprint density at radius 1 is 1.00 bits per heavy atom. The predicted molar refractivity (Wildman–Crippen MR) is 110 cm³/mol. The minimum Gasteiger partial charge on any atom is -0.355 e. The van der Waals surface area contributed by atoms with Crippen molar-refractivity contribution in [2.45, 2.75) is 43.4 Å². The van der Waals surface area contributed by atoms with Crippen molar-refractivity contribution in [3.05, 3.63) is 65.2 Å². The molecule has 7 heteroatoms. The molecule has 0 radical (unpaired) electrons. The number of hydrogen-bond acceptors (Lipinski definition) is 4. The van der Waals surface area contributed by atoms with Gasteiger partial charge >= 0.3 is 0 Å². The van der Waals surface area contributed by atoms with Crippen LogP contribution >= 0.6 is 0 Å². The Bertz CT molecular complexity index is 955. The molecule has 0 saturated heterocycles. The molecule has 1 aliphatic carbocycles. The predicted octanol–water partition coefficient (Wildman–Crippen LogP) is 3.35. The Hall–Kier alpha value is -2.67. The van der Waals surface area contributed by atoms with Crippen molar-refractivity contribution < 1.29 is 13.2 Å². The largest absolute Gasteiger partial charge is 0.355 e. The molecule has 0 bridgehead atoms. The second-order valence-electron chi connectivity index (χ2n) is 7.06. The zero-order chi connectivity index (χ0) is 20.1. The summed E-state index contributed by atoms with van der Waals surface area (Å²) in [5, 5.41) is 6.77. The van der Waals surface area contributed by atoms with Crippen LogP contribution in [0.3, 0.4) is 0 Å². The first-order valence-electron chi connectivity index (χ1n) is 9.35. The van der Waals surface area contributed by atoms with Gasteiger partial charge in [0, 0.05) is 18.3 Å². The third-order valence-electron chi connectivity index (χ3n) is 5.09. The fourth-order valence-corrected chi connectivity index (χ4v) is 4.19.